The summed E-state index contributed by atoms with van der Waals surface area (Å²) in [5, 5.41) is 4.95. The number of hydrogen-bond acceptors (Lipinski definition) is 4. The highest BCUT2D eigenvalue weighted by molar-refractivity contribution is 5.97. The van der Waals surface area contributed by atoms with Gasteiger partial charge in [0.25, 0.3) is 5.91 Å². The lowest BCUT2D eigenvalue weighted by Gasteiger charge is -2.13. The number of rotatable bonds is 6. The second-order valence-corrected chi connectivity index (χ2v) is 4.59. The van der Waals surface area contributed by atoms with Gasteiger partial charge in [-0.25, -0.2) is 4.79 Å². The number of benzene rings is 1. The van der Waals surface area contributed by atoms with E-state index in [4.69, 9.17) is 4.74 Å². The van der Waals surface area contributed by atoms with Gasteiger partial charge in [0.2, 0.25) is 5.91 Å². The third kappa shape index (κ3) is 5.64. The third-order valence-corrected chi connectivity index (χ3v) is 2.71. The SMILES string of the molecule is CCOC(=O)C(C)NC(=O)CNC(=O)c1cccc(C)c1. The van der Waals surface area contributed by atoms with Crippen molar-refractivity contribution in [3.05, 3.63) is 35.4 Å². The molecule has 6 heteroatoms. The van der Waals surface area contributed by atoms with Gasteiger partial charge < -0.3 is 15.4 Å². The van der Waals surface area contributed by atoms with Crippen LogP contribution in [0.15, 0.2) is 24.3 Å². The molecule has 0 heterocycles. The number of aryl methyl sites for hydroxylation is 1. The fraction of sp³-hybridized carbons (Fsp3) is 0.400. The van der Waals surface area contributed by atoms with Gasteiger partial charge in [0.05, 0.1) is 13.2 Å². The normalized spacial score (nSPS) is 11.4. The van der Waals surface area contributed by atoms with Gasteiger partial charge in [0.1, 0.15) is 6.04 Å². The van der Waals surface area contributed by atoms with Crippen molar-refractivity contribution in [2.45, 2.75) is 26.8 Å². The molecule has 21 heavy (non-hydrogen) atoms. The summed E-state index contributed by atoms with van der Waals surface area (Å²) in [7, 11) is 0. The molecule has 1 aromatic carbocycles. The van der Waals surface area contributed by atoms with Crippen molar-refractivity contribution in [2.24, 2.45) is 0 Å². The van der Waals surface area contributed by atoms with Gasteiger partial charge >= 0.3 is 5.97 Å². The fourth-order valence-electron chi connectivity index (χ4n) is 1.67. The Morgan fingerprint density at radius 3 is 2.62 bits per heavy atom. The van der Waals surface area contributed by atoms with E-state index in [1.807, 2.05) is 13.0 Å². The maximum Gasteiger partial charge on any atom is 0.328 e. The van der Waals surface area contributed by atoms with Gasteiger partial charge in [-0.15, -0.1) is 0 Å². The molecule has 0 bridgehead atoms. The summed E-state index contributed by atoms with van der Waals surface area (Å²) in [4.78, 5) is 34.8. The minimum atomic E-state index is -0.742. The Bertz CT molecular complexity index is 528. The molecule has 0 aliphatic heterocycles. The molecule has 0 saturated heterocycles. The van der Waals surface area contributed by atoms with Gasteiger partial charge in [-0.3, -0.25) is 9.59 Å². The van der Waals surface area contributed by atoms with Crippen LogP contribution in [0.4, 0.5) is 0 Å². The molecule has 0 aliphatic rings. The second-order valence-electron chi connectivity index (χ2n) is 4.59. The lowest BCUT2D eigenvalue weighted by atomic mass is 10.1. The molecule has 1 unspecified atom stereocenters. The molecule has 6 nitrogen and oxygen atoms in total. The van der Waals surface area contributed by atoms with Crippen LogP contribution < -0.4 is 10.6 Å². The van der Waals surface area contributed by atoms with Crippen molar-refractivity contribution in [2.75, 3.05) is 13.2 Å². The lowest BCUT2D eigenvalue weighted by Crippen LogP contribution is -2.44. The number of esters is 1. The molecule has 114 valence electrons. The van der Waals surface area contributed by atoms with Gasteiger partial charge in [-0.2, -0.15) is 0 Å². The molecular formula is C15H20N2O4. The van der Waals surface area contributed by atoms with Crippen LogP contribution in [0.5, 0.6) is 0 Å². The van der Waals surface area contributed by atoms with Gasteiger partial charge in [0.15, 0.2) is 0 Å². The van der Waals surface area contributed by atoms with Gasteiger partial charge in [-0.05, 0) is 32.9 Å². The summed E-state index contributed by atoms with van der Waals surface area (Å²) in [6.45, 7) is 5.15. The first-order valence-corrected chi connectivity index (χ1v) is 6.75. The van der Waals surface area contributed by atoms with Crippen molar-refractivity contribution in [3.8, 4) is 0 Å². The molecular weight excluding hydrogens is 272 g/mol. The van der Waals surface area contributed by atoms with E-state index >= 15 is 0 Å². The lowest BCUT2D eigenvalue weighted by molar-refractivity contribution is -0.146. The van der Waals surface area contributed by atoms with Crippen LogP contribution in [-0.4, -0.2) is 37.0 Å². The fourth-order valence-corrected chi connectivity index (χ4v) is 1.67. The summed E-state index contributed by atoms with van der Waals surface area (Å²) in [5.74, 6) is -1.29. The molecule has 2 N–H and O–H groups in total. The predicted octanol–water partition coefficient (Wildman–Crippen LogP) is 0.793. The average Bonchev–Trinajstić information content (AvgIpc) is 2.45. The molecule has 0 spiro atoms. The smallest absolute Gasteiger partial charge is 0.328 e. The van der Waals surface area contributed by atoms with Gasteiger partial charge in [-0.1, -0.05) is 17.7 Å². The summed E-state index contributed by atoms with van der Waals surface area (Å²) >= 11 is 0. The predicted molar refractivity (Wildman–Crippen MR) is 77.7 cm³/mol. The van der Waals surface area contributed by atoms with Crippen molar-refractivity contribution in [1.82, 2.24) is 10.6 Å². The topological polar surface area (TPSA) is 84.5 Å². The van der Waals surface area contributed by atoms with Crippen LogP contribution in [0.2, 0.25) is 0 Å². The molecule has 1 aromatic rings. The first-order chi connectivity index (χ1) is 9.93. The van der Waals surface area contributed by atoms with Gasteiger partial charge in [0, 0.05) is 5.56 Å². The summed E-state index contributed by atoms with van der Waals surface area (Å²) < 4.78 is 4.77. The summed E-state index contributed by atoms with van der Waals surface area (Å²) in [6, 6.07) is 6.31. The van der Waals surface area contributed by atoms with Crippen molar-refractivity contribution in [1.29, 1.82) is 0 Å². The monoisotopic (exact) mass is 292 g/mol. The minimum absolute atomic E-state index is 0.198. The zero-order chi connectivity index (χ0) is 15.8. The second kappa shape index (κ2) is 8.04. The quantitative estimate of drug-likeness (QED) is 0.759. The van der Waals surface area contributed by atoms with Crippen LogP contribution in [-0.2, 0) is 14.3 Å². The molecule has 1 atom stereocenters. The van der Waals surface area contributed by atoms with E-state index in [-0.39, 0.29) is 19.1 Å². The Morgan fingerprint density at radius 1 is 1.29 bits per heavy atom. The number of nitrogens with one attached hydrogen (secondary N) is 2. The standard InChI is InChI=1S/C15H20N2O4/c1-4-21-15(20)11(3)17-13(18)9-16-14(19)12-7-5-6-10(2)8-12/h5-8,11H,4,9H2,1-3H3,(H,16,19)(H,17,18). The Hall–Kier alpha value is -2.37. The Balaban J connectivity index is 2.42. The number of hydrogen-bond donors (Lipinski definition) is 2. The van der Waals surface area contributed by atoms with Crippen LogP contribution >= 0.6 is 0 Å². The molecule has 0 radical (unpaired) electrons. The highest BCUT2D eigenvalue weighted by atomic mass is 16.5. The molecule has 0 fully saturated rings. The number of ether oxygens (including phenoxy) is 1. The van der Waals surface area contributed by atoms with E-state index in [1.165, 1.54) is 6.92 Å². The van der Waals surface area contributed by atoms with Crippen LogP contribution in [0, 0.1) is 6.92 Å². The Morgan fingerprint density at radius 2 is 2.00 bits per heavy atom. The van der Waals surface area contributed by atoms with Crippen LogP contribution in [0.25, 0.3) is 0 Å². The largest absolute Gasteiger partial charge is 0.464 e. The first-order valence-electron chi connectivity index (χ1n) is 6.75. The number of carbonyl (C=O) groups is 3. The molecule has 0 aromatic heterocycles. The van der Waals surface area contributed by atoms with E-state index in [0.717, 1.165) is 5.56 Å². The average molecular weight is 292 g/mol. The van der Waals surface area contributed by atoms with E-state index in [0.29, 0.717) is 5.56 Å². The van der Waals surface area contributed by atoms with Crippen molar-refractivity contribution in [3.63, 3.8) is 0 Å². The first kappa shape index (κ1) is 16.7. The zero-order valence-electron chi connectivity index (χ0n) is 12.4. The van der Waals surface area contributed by atoms with E-state index in [1.54, 1.807) is 25.1 Å². The molecule has 0 aliphatic carbocycles. The highest BCUT2D eigenvalue weighted by Gasteiger charge is 2.16. The van der Waals surface area contributed by atoms with Crippen molar-refractivity contribution < 1.29 is 19.1 Å². The third-order valence-electron chi connectivity index (χ3n) is 2.71. The number of carbonyl (C=O) groups excluding carboxylic acids is 3. The Labute approximate surface area is 123 Å². The maximum absolute atomic E-state index is 11.8. The highest BCUT2D eigenvalue weighted by Crippen LogP contribution is 2.03. The summed E-state index contributed by atoms with van der Waals surface area (Å²) in [6.07, 6.45) is 0. The van der Waals surface area contributed by atoms with Crippen molar-refractivity contribution >= 4 is 17.8 Å². The summed E-state index contributed by atoms with van der Waals surface area (Å²) in [5.41, 5.74) is 1.45. The van der Waals surface area contributed by atoms with Crippen LogP contribution in [0.3, 0.4) is 0 Å². The molecule has 2 amide bonds. The number of amides is 2. The maximum atomic E-state index is 11.8. The minimum Gasteiger partial charge on any atom is -0.464 e. The van der Waals surface area contributed by atoms with E-state index < -0.39 is 17.9 Å². The van der Waals surface area contributed by atoms with E-state index in [2.05, 4.69) is 10.6 Å². The molecule has 1 rings (SSSR count). The molecule has 0 saturated carbocycles. The van der Waals surface area contributed by atoms with Crippen LogP contribution in [0.1, 0.15) is 29.8 Å². The van der Waals surface area contributed by atoms with E-state index in [9.17, 15) is 14.4 Å². The zero-order valence-corrected chi connectivity index (χ0v) is 12.4. The Kier molecular flexibility index (Phi) is 6.39.